The van der Waals surface area contributed by atoms with Crippen LogP contribution in [0.5, 0.6) is 5.75 Å². The second kappa shape index (κ2) is 11.1. The van der Waals surface area contributed by atoms with E-state index in [4.69, 9.17) is 9.72 Å². The van der Waals surface area contributed by atoms with Gasteiger partial charge in [0.25, 0.3) is 0 Å². The summed E-state index contributed by atoms with van der Waals surface area (Å²) in [7, 11) is 1.65. The fourth-order valence-corrected chi connectivity index (χ4v) is 5.61. The summed E-state index contributed by atoms with van der Waals surface area (Å²) in [6, 6.07) is 7.95. The summed E-state index contributed by atoms with van der Waals surface area (Å²) in [5, 5.41) is 13.9. The van der Waals surface area contributed by atoms with Crippen LogP contribution >= 0.6 is 11.3 Å². The van der Waals surface area contributed by atoms with E-state index >= 15 is 0 Å². The number of piperidine rings is 1. The largest absolute Gasteiger partial charge is 0.497 e. The Morgan fingerprint density at radius 3 is 2.32 bits per heavy atom. The summed E-state index contributed by atoms with van der Waals surface area (Å²) in [5.74, 6) is -0.163. The fourth-order valence-electron chi connectivity index (χ4n) is 4.62. The number of methoxy groups -OCH3 is 1. The van der Waals surface area contributed by atoms with E-state index in [9.17, 15) is 9.90 Å². The number of nitrogens with zero attached hydrogens (tertiary/aromatic N) is 2. The van der Waals surface area contributed by atoms with Gasteiger partial charge in [0, 0.05) is 16.8 Å². The maximum absolute atomic E-state index is 11.9. The zero-order chi connectivity index (χ0) is 24.1. The number of rotatable bonds is 4. The Bertz CT molecular complexity index is 1180. The lowest BCUT2D eigenvalue weighted by molar-refractivity contribution is 0.0703. The van der Waals surface area contributed by atoms with Gasteiger partial charge in [-0.15, -0.1) is 11.3 Å². The summed E-state index contributed by atoms with van der Waals surface area (Å²) < 4.78 is 5.31. The first-order chi connectivity index (χ1) is 16.5. The Kier molecular flexibility index (Phi) is 7.95. The minimum absolute atomic E-state index is 0.251. The Morgan fingerprint density at radius 1 is 1.06 bits per heavy atom. The molecule has 6 nitrogen and oxygen atoms in total. The van der Waals surface area contributed by atoms with Crippen molar-refractivity contribution >= 4 is 38.9 Å². The van der Waals surface area contributed by atoms with Gasteiger partial charge < -0.3 is 15.2 Å². The number of carbonyl (C=O) groups is 1. The molecule has 1 aliphatic heterocycles. The predicted octanol–water partition coefficient (Wildman–Crippen LogP) is 6.42. The normalized spacial score (nSPS) is 15.1. The highest BCUT2D eigenvalue weighted by Crippen LogP contribution is 2.46. The van der Waals surface area contributed by atoms with E-state index in [-0.39, 0.29) is 4.88 Å². The molecule has 1 saturated heterocycles. The second-order valence-electron chi connectivity index (χ2n) is 8.98. The Labute approximate surface area is 205 Å². The number of carboxylic acid groups (broad SMARTS) is 1. The first kappa shape index (κ1) is 24.4. The summed E-state index contributed by atoms with van der Waals surface area (Å²) in [4.78, 5) is 22.4. The molecule has 0 unspecified atom stereocenters. The van der Waals surface area contributed by atoms with Crippen molar-refractivity contribution in [2.24, 2.45) is 4.99 Å². The molecular formula is C27H33N3O3S. The molecule has 0 spiro atoms. The molecule has 2 aromatic heterocycles. The van der Waals surface area contributed by atoms with Gasteiger partial charge in [-0.25, -0.2) is 9.78 Å². The number of ether oxygens (including phenoxy) is 1. The number of aliphatic imine (C=N–C) groups is 1. The van der Waals surface area contributed by atoms with Crippen LogP contribution in [0.1, 0.15) is 66.9 Å². The minimum atomic E-state index is -0.957. The lowest BCUT2D eigenvalue weighted by Gasteiger charge is -2.20. The molecule has 0 saturated carbocycles. The van der Waals surface area contributed by atoms with Gasteiger partial charge in [-0.3, -0.25) is 4.99 Å². The van der Waals surface area contributed by atoms with Gasteiger partial charge in [0.05, 0.1) is 12.8 Å². The van der Waals surface area contributed by atoms with Gasteiger partial charge in [-0.05, 0) is 94.3 Å². The molecule has 180 valence electrons. The number of aromatic nitrogens is 1. The van der Waals surface area contributed by atoms with E-state index in [1.807, 2.05) is 38.1 Å². The molecule has 34 heavy (non-hydrogen) atoms. The van der Waals surface area contributed by atoms with Crippen molar-refractivity contribution in [3.05, 3.63) is 40.4 Å². The van der Waals surface area contributed by atoms with E-state index in [1.165, 1.54) is 49.3 Å². The lowest BCUT2D eigenvalue weighted by atomic mass is 9.87. The quantitative estimate of drug-likeness (QED) is 0.422. The smallest absolute Gasteiger partial charge is 0.348 e. The molecule has 5 rings (SSSR count). The summed E-state index contributed by atoms with van der Waals surface area (Å²) in [6.07, 6.45) is 8.33. The Morgan fingerprint density at radius 2 is 1.76 bits per heavy atom. The van der Waals surface area contributed by atoms with Gasteiger partial charge in [-0.2, -0.15) is 0 Å². The van der Waals surface area contributed by atoms with Crippen molar-refractivity contribution in [2.45, 2.75) is 58.8 Å². The molecule has 2 aliphatic rings. The molecule has 2 N–H and O–H groups in total. The molecule has 1 aliphatic carbocycles. The SMILES string of the molecule is C1CCNCC1.COc1ccc(-c2c3c(nc4sc(C(=O)O)c(N=C(C)C)c24)CCCC3)cc1. The maximum Gasteiger partial charge on any atom is 0.348 e. The van der Waals surface area contributed by atoms with Crippen molar-refractivity contribution < 1.29 is 14.6 Å². The monoisotopic (exact) mass is 479 g/mol. The fraction of sp³-hybridized carbons (Fsp3) is 0.444. The van der Waals surface area contributed by atoms with Crippen LogP contribution in [0.2, 0.25) is 0 Å². The summed E-state index contributed by atoms with van der Waals surface area (Å²) in [5.41, 5.74) is 5.78. The predicted molar refractivity (Wildman–Crippen MR) is 140 cm³/mol. The Hall–Kier alpha value is -2.77. The van der Waals surface area contributed by atoms with Gasteiger partial charge in [0.1, 0.15) is 15.5 Å². The first-order valence-corrected chi connectivity index (χ1v) is 12.9. The topological polar surface area (TPSA) is 83.8 Å². The van der Waals surface area contributed by atoms with Gasteiger partial charge in [0.15, 0.2) is 0 Å². The van der Waals surface area contributed by atoms with Crippen LogP contribution in [0.4, 0.5) is 5.69 Å². The third kappa shape index (κ3) is 5.31. The second-order valence-corrected chi connectivity index (χ2v) is 9.98. The summed E-state index contributed by atoms with van der Waals surface area (Å²) in [6.45, 7) is 6.27. The number of aromatic carboxylic acids is 1. The third-order valence-corrected chi connectivity index (χ3v) is 7.27. The zero-order valence-electron chi connectivity index (χ0n) is 20.2. The molecule has 1 aromatic carbocycles. The highest BCUT2D eigenvalue weighted by molar-refractivity contribution is 7.21. The van der Waals surface area contributed by atoms with Gasteiger partial charge >= 0.3 is 5.97 Å². The van der Waals surface area contributed by atoms with E-state index < -0.39 is 5.97 Å². The summed E-state index contributed by atoms with van der Waals surface area (Å²) >= 11 is 1.22. The molecular weight excluding hydrogens is 446 g/mol. The lowest BCUT2D eigenvalue weighted by Crippen LogP contribution is -2.21. The molecule has 0 amide bonds. The number of aryl methyl sites for hydroxylation is 1. The van der Waals surface area contributed by atoms with Crippen molar-refractivity contribution in [3.8, 4) is 16.9 Å². The zero-order valence-corrected chi connectivity index (χ0v) is 21.1. The molecule has 3 heterocycles. The van der Waals surface area contributed by atoms with Gasteiger partial charge in [0.2, 0.25) is 0 Å². The van der Waals surface area contributed by atoms with Crippen molar-refractivity contribution in [1.82, 2.24) is 10.3 Å². The van der Waals surface area contributed by atoms with E-state index in [1.54, 1.807) is 7.11 Å². The van der Waals surface area contributed by atoms with Crippen LogP contribution in [-0.4, -0.2) is 42.0 Å². The first-order valence-electron chi connectivity index (χ1n) is 12.1. The molecule has 1 fully saturated rings. The van der Waals surface area contributed by atoms with Crippen LogP contribution in [0.15, 0.2) is 29.3 Å². The third-order valence-electron chi connectivity index (χ3n) is 6.21. The number of nitrogens with one attached hydrogen (secondary N) is 1. The molecule has 7 heteroatoms. The van der Waals surface area contributed by atoms with Crippen LogP contribution in [-0.2, 0) is 12.8 Å². The molecule has 0 atom stereocenters. The van der Waals surface area contributed by atoms with E-state index in [2.05, 4.69) is 10.3 Å². The van der Waals surface area contributed by atoms with E-state index in [0.29, 0.717) is 5.69 Å². The number of pyridine rings is 1. The average molecular weight is 480 g/mol. The molecule has 3 aromatic rings. The number of thiophene rings is 1. The average Bonchev–Trinajstić information content (AvgIpc) is 3.21. The number of carboxylic acids is 1. The maximum atomic E-state index is 11.9. The number of hydrogen-bond donors (Lipinski definition) is 2. The minimum Gasteiger partial charge on any atom is -0.497 e. The van der Waals surface area contributed by atoms with Crippen molar-refractivity contribution in [1.29, 1.82) is 0 Å². The molecule has 0 bridgehead atoms. The van der Waals surface area contributed by atoms with Crippen LogP contribution in [0.25, 0.3) is 21.3 Å². The number of benzene rings is 1. The van der Waals surface area contributed by atoms with Crippen LogP contribution < -0.4 is 10.1 Å². The van der Waals surface area contributed by atoms with Crippen LogP contribution in [0.3, 0.4) is 0 Å². The van der Waals surface area contributed by atoms with Crippen molar-refractivity contribution in [3.63, 3.8) is 0 Å². The standard InChI is InChI=1S/C22H22N2O3S.C5H11N/c1-12(2)23-19-18-17(13-8-10-14(27-3)11-9-13)15-6-4-5-7-16(15)24-21(18)28-20(19)22(25)26;1-2-4-6-5-3-1/h8-11H,4-7H2,1-3H3,(H,25,26);6H,1-5H2. The van der Waals surface area contributed by atoms with Crippen LogP contribution in [0, 0.1) is 0 Å². The Balaban J connectivity index is 0.000000398. The number of fused-ring (bicyclic) bond motifs is 2. The van der Waals surface area contributed by atoms with Gasteiger partial charge in [-0.1, -0.05) is 18.6 Å². The molecule has 0 radical (unpaired) electrons. The highest BCUT2D eigenvalue weighted by atomic mass is 32.1. The van der Waals surface area contributed by atoms with E-state index in [0.717, 1.165) is 64.2 Å². The van der Waals surface area contributed by atoms with Crippen molar-refractivity contribution in [2.75, 3.05) is 20.2 Å². The highest BCUT2D eigenvalue weighted by Gasteiger charge is 2.26. The number of hydrogen-bond acceptors (Lipinski definition) is 6.